The SMILES string of the molecule is CC1NCCC1CN1CCSCC1S(C)(=O)=O. The summed E-state index contributed by atoms with van der Waals surface area (Å²) in [4.78, 5) is 2.18. The van der Waals surface area contributed by atoms with E-state index in [2.05, 4.69) is 17.1 Å². The van der Waals surface area contributed by atoms with Crippen molar-refractivity contribution < 1.29 is 8.42 Å². The van der Waals surface area contributed by atoms with E-state index in [-0.39, 0.29) is 5.37 Å². The first-order valence-electron chi connectivity index (χ1n) is 6.22. The summed E-state index contributed by atoms with van der Waals surface area (Å²) in [5, 5.41) is 3.16. The summed E-state index contributed by atoms with van der Waals surface area (Å²) in [5.41, 5.74) is 0. The van der Waals surface area contributed by atoms with Crippen molar-refractivity contribution in [1.29, 1.82) is 0 Å². The fourth-order valence-electron chi connectivity index (χ4n) is 2.68. The van der Waals surface area contributed by atoms with Crippen LogP contribution in [0.15, 0.2) is 0 Å². The van der Waals surface area contributed by atoms with Crippen molar-refractivity contribution in [1.82, 2.24) is 10.2 Å². The molecule has 2 rings (SSSR count). The number of thioether (sulfide) groups is 1. The lowest BCUT2D eigenvalue weighted by Gasteiger charge is -2.36. The highest BCUT2D eigenvalue weighted by molar-refractivity contribution is 8.00. The molecule has 2 saturated heterocycles. The highest BCUT2D eigenvalue weighted by Gasteiger charge is 2.34. The molecule has 0 radical (unpaired) electrons. The van der Waals surface area contributed by atoms with Crippen molar-refractivity contribution in [3.05, 3.63) is 0 Å². The zero-order valence-electron chi connectivity index (χ0n) is 10.6. The molecule has 2 heterocycles. The Morgan fingerprint density at radius 3 is 2.82 bits per heavy atom. The summed E-state index contributed by atoms with van der Waals surface area (Å²) in [6, 6.07) is 0.518. The van der Waals surface area contributed by atoms with Gasteiger partial charge in [0.15, 0.2) is 9.84 Å². The molecule has 0 amide bonds. The summed E-state index contributed by atoms with van der Waals surface area (Å²) in [5.74, 6) is 2.39. The second-order valence-electron chi connectivity index (χ2n) is 5.15. The highest BCUT2D eigenvalue weighted by atomic mass is 32.2. The minimum atomic E-state index is -2.95. The van der Waals surface area contributed by atoms with E-state index in [0.717, 1.165) is 31.1 Å². The molecule has 1 N–H and O–H groups in total. The van der Waals surface area contributed by atoms with Gasteiger partial charge in [-0.15, -0.1) is 0 Å². The zero-order valence-corrected chi connectivity index (χ0v) is 12.2. The number of nitrogens with zero attached hydrogens (tertiary/aromatic N) is 1. The molecule has 0 spiro atoms. The van der Waals surface area contributed by atoms with Crippen LogP contribution in [-0.4, -0.2) is 62.1 Å². The average molecular weight is 278 g/mol. The summed E-state index contributed by atoms with van der Waals surface area (Å²) < 4.78 is 23.6. The van der Waals surface area contributed by atoms with Gasteiger partial charge in [0.2, 0.25) is 0 Å². The van der Waals surface area contributed by atoms with Crippen LogP contribution in [0.1, 0.15) is 13.3 Å². The lowest BCUT2D eigenvalue weighted by atomic mass is 10.0. The van der Waals surface area contributed by atoms with Crippen molar-refractivity contribution in [2.45, 2.75) is 24.8 Å². The molecule has 3 atom stereocenters. The first-order valence-corrected chi connectivity index (χ1v) is 9.33. The molecule has 0 aromatic carbocycles. The quantitative estimate of drug-likeness (QED) is 0.810. The van der Waals surface area contributed by atoms with Gasteiger partial charge in [-0.05, 0) is 25.8 Å². The van der Waals surface area contributed by atoms with Crippen molar-refractivity contribution in [3.8, 4) is 0 Å². The molecule has 2 aliphatic rings. The van der Waals surface area contributed by atoms with Crippen LogP contribution in [0, 0.1) is 5.92 Å². The van der Waals surface area contributed by atoms with Gasteiger partial charge in [-0.2, -0.15) is 11.8 Å². The maximum atomic E-state index is 11.8. The standard InChI is InChI=1S/C11H22N2O2S2/c1-9-10(3-4-12-9)7-13-5-6-16-8-11(13)17(2,14)15/h9-12H,3-8H2,1-2H3. The number of nitrogens with one attached hydrogen (secondary N) is 1. The van der Waals surface area contributed by atoms with Gasteiger partial charge in [0.1, 0.15) is 5.37 Å². The summed E-state index contributed by atoms with van der Waals surface area (Å²) in [7, 11) is -2.95. The molecule has 0 saturated carbocycles. The Bertz CT molecular complexity index is 358. The lowest BCUT2D eigenvalue weighted by Crippen LogP contribution is -2.49. The normalized spacial score (nSPS) is 36.2. The first kappa shape index (κ1) is 13.6. The van der Waals surface area contributed by atoms with Gasteiger partial charge in [0.05, 0.1) is 0 Å². The van der Waals surface area contributed by atoms with E-state index < -0.39 is 9.84 Å². The van der Waals surface area contributed by atoms with Gasteiger partial charge in [-0.3, -0.25) is 4.90 Å². The zero-order chi connectivity index (χ0) is 12.5. The summed E-state index contributed by atoms with van der Waals surface area (Å²) in [6.45, 7) is 5.10. The third-order valence-electron chi connectivity index (χ3n) is 3.84. The van der Waals surface area contributed by atoms with E-state index in [4.69, 9.17) is 0 Å². The Kier molecular flexibility index (Phi) is 4.39. The number of hydrogen-bond acceptors (Lipinski definition) is 5. The van der Waals surface area contributed by atoms with Crippen LogP contribution in [0.3, 0.4) is 0 Å². The molecular weight excluding hydrogens is 256 g/mol. The fourth-order valence-corrected chi connectivity index (χ4v) is 5.64. The van der Waals surface area contributed by atoms with E-state index in [1.807, 2.05) is 0 Å². The van der Waals surface area contributed by atoms with Gasteiger partial charge < -0.3 is 5.32 Å². The Hall–Kier alpha value is 0.220. The molecule has 0 bridgehead atoms. The molecule has 17 heavy (non-hydrogen) atoms. The van der Waals surface area contributed by atoms with Crippen molar-refractivity contribution in [3.63, 3.8) is 0 Å². The van der Waals surface area contributed by atoms with Gasteiger partial charge in [-0.25, -0.2) is 8.42 Å². The molecular formula is C11H22N2O2S2. The van der Waals surface area contributed by atoms with E-state index in [1.54, 1.807) is 11.8 Å². The minimum absolute atomic E-state index is 0.269. The minimum Gasteiger partial charge on any atom is -0.314 e. The first-order chi connectivity index (χ1) is 7.98. The Morgan fingerprint density at radius 2 is 2.24 bits per heavy atom. The fraction of sp³-hybridized carbons (Fsp3) is 1.00. The molecule has 4 nitrogen and oxygen atoms in total. The number of sulfone groups is 1. The van der Waals surface area contributed by atoms with Crippen LogP contribution in [-0.2, 0) is 9.84 Å². The molecule has 0 aliphatic carbocycles. The molecule has 2 fully saturated rings. The maximum Gasteiger partial charge on any atom is 0.164 e. The van der Waals surface area contributed by atoms with Crippen LogP contribution in [0.25, 0.3) is 0 Å². The lowest BCUT2D eigenvalue weighted by molar-refractivity contribution is 0.220. The molecule has 0 aromatic heterocycles. The van der Waals surface area contributed by atoms with Gasteiger partial charge in [0, 0.05) is 36.9 Å². The van der Waals surface area contributed by atoms with E-state index in [0.29, 0.717) is 12.0 Å². The van der Waals surface area contributed by atoms with Crippen molar-refractivity contribution in [2.24, 2.45) is 5.92 Å². The number of rotatable bonds is 3. The van der Waals surface area contributed by atoms with Gasteiger partial charge in [0.25, 0.3) is 0 Å². The van der Waals surface area contributed by atoms with Crippen LogP contribution in [0.2, 0.25) is 0 Å². The predicted molar refractivity (Wildman–Crippen MR) is 73.1 cm³/mol. The van der Waals surface area contributed by atoms with Gasteiger partial charge >= 0.3 is 0 Å². The van der Waals surface area contributed by atoms with E-state index in [1.165, 1.54) is 12.7 Å². The monoisotopic (exact) mass is 278 g/mol. The highest BCUT2D eigenvalue weighted by Crippen LogP contribution is 2.24. The second-order valence-corrected chi connectivity index (χ2v) is 8.50. The number of hydrogen-bond donors (Lipinski definition) is 1. The largest absolute Gasteiger partial charge is 0.314 e. The molecule has 100 valence electrons. The predicted octanol–water partition coefficient (Wildman–Crippen LogP) is 0.404. The Balaban J connectivity index is 2.01. The van der Waals surface area contributed by atoms with Crippen LogP contribution in [0.5, 0.6) is 0 Å². The Morgan fingerprint density at radius 1 is 1.47 bits per heavy atom. The van der Waals surface area contributed by atoms with Crippen LogP contribution in [0.4, 0.5) is 0 Å². The van der Waals surface area contributed by atoms with Crippen LogP contribution >= 0.6 is 11.8 Å². The Labute approximate surface area is 108 Å². The topological polar surface area (TPSA) is 49.4 Å². The molecule has 2 aliphatic heterocycles. The summed E-state index contributed by atoms with van der Waals surface area (Å²) in [6.07, 6.45) is 2.54. The smallest absolute Gasteiger partial charge is 0.164 e. The third kappa shape index (κ3) is 3.36. The van der Waals surface area contributed by atoms with Crippen molar-refractivity contribution in [2.75, 3.05) is 37.4 Å². The van der Waals surface area contributed by atoms with E-state index >= 15 is 0 Å². The average Bonchev–Trinajstić information content (AvgIpc) is 2.64. The maximum absolute atomic E-state index is 11.8. The molecule has 3 unspecified atom stereocenters. The van der Waals surface area contributed by atoms with E-state index in [9.17, 15) is 8.42 Å². The second kappa shape index (κ2) is 5.47. The molecule has 0 aromatic rings. The van der Waals surface area contributed by atoms with Crippen molar-refractivity contribution >= 4 is 21.6 Å². The summed E-state index contributed by atoms with van der Waals surface area (Å²) >= 11 is 1.76. The van der Waals surface area contributed by atoms with Crippen LogP contribution < -0.4 is 5.32 Å². The molecule has 6 heteroatoms. The van der Waals surface area contributed by atoms with Gasteiger partial charge in [-0.1, -0.05) is 0 Å². The third-order valence-corrected chi connectivity index (χ3v) is 6.53.